The summed E-state index contributed by atoms with van der Waals surface area (Å²) < 4.78 is 5.50. The van der Waals surface area contributed by atoms with E-state index < -0.39 is 12.0 Å². The third-order valence-electron chi connectivity index (χ3n) is 1.48. The second kappa shape index (κ2) is 5.71. The largest absolute Gasteiger partial charge is 0.462 e. The van der Waals surface area contributed by atoms with Gasteiger partial charge in [-0.25, -0.2) is 14.6 Å². The van der Waals surface area contributed by atoms with Crippen LogP contribution in [0.4, 0.5) is 10.6 Å². The minimum Gasteiger partial charge on any atom is -0.462 e. The highest BCUT2D eigenvalue weighted by Gasteiger charge is 2.19. The molecule has 0 atom stereocenters. The topological polar surface area (TPSA) is 94.3 Å². The van der Waals surface area contributed by atoms with Crippen molar-refractivity contribution in [2.45, 2.75) is 11.3 Å². The summed E-state index contributed by atoms with van der Waals surface area (Å²) in [4.78, 5) is 26.5. The fourth-order valence-corrected chi connectivity index (χ4v) is 2.34. The van der Waals surface area contributed by atoms with Gasteiger partial charge >= 0.3 is 12.0 Å². The van der Waals surface area contributed by atoms with E-state index in [-0.39, 0.29) is 17.3 Å². The maximum atomic E-state index is 11.5. The molecule has 0 aliphatic rings. The monoisotopic (exact) mass is 261 g/mol. The molecule has 1 aromatic rings. The Morgan fingerprint density at radius 3 is 2.81 bits per heavy atom. The van der Waals surface area contributed by atoms with Crippen LogP contribution in [0.5, 0.6) is 0 Å². The number of hydrogen-bond donors (Lipinski definition) is 2. The van der Waals surface area contributed by atoms with Crippen molar-refractivity contribution in [1.29, 1.82) is 0 Å². The number of hydrogen-bond acceptors (Lipinski definition) is 6. The number of urea groups is 1. The first-order valence-corrected chi connectivity index (χ1v) is 6.41. The minimum atomic E-state index is -0.761. The van der Waals surface area contributed by atoms with Gasteiger partial charge in [0.1, 0.15) is 0 Å². The van der Waals surface area contributed by atoms with Gasteiger partial charge in [0, 0.05) is 0 Å². The number of esters is 1. The predicted molar refractivity (Wildman–Crippen MR) is 63.1 cm³/mol. The Kier molecular flexibility index (Phi) is 4.56. The molecule has 0 saturated carbocycles. The summed E-state index contributed by atoms with van der Waals surface area (Å²) in [5.74, 6) is -0.357. The molecular weight excluding hydrogens is 250 g/mol. The highest BCUT2D eigenvalue weighted by atomic mass is 32.2. The van der Waals surface area contributed by atoms with Crippen molar-refractivity contribution < 1.29 is 14.3 Å². The molecule has 0 bridgehead atoms. The van der Waals surface area contributed by atoms with Crippen molar-refractivity contribution in [3.8, 4) is 0 Å². The van der Waals surface area contributed by atoms with Gasteiger partial charge in [0.25, 0.3) is 0 Å². The Hall–Kier alpha value is -1.28. The molecule has 16 heavy (non-hydrogen) atoms. The van der Waals surface area contributed by atoms with E-state index in [0.717, 1.165) is 11.3 Å². The van der Waals surface area contributed by atoms with E-state index in [4.69, 9.17) is 10.5 Å². The average Bonchev–Trinajstić information content (AvgIpc) is 2.60. The van der Waals surface area contributed by atoms with Gasteiger partial charge < -0.3 is 10.5 Å². The normalized spacial score (nSPS) is 9.88. The standard InChI is InChI=1S/C8H11N3O3S2/c1-3-14-6(12)4-5(10-7(9)13)11-8(15-2)16-4/h3H2,1-2H3,(H3,9,10,13). The number of primary amides is 1. The lowest BCUT2D eigenvalue weighted by Gasteiger charge is -2.01. The van der Waals surface area contributed by atoms with Crippen molar-refractivity contribution in [2.24, 2.45) is 5.73 Å². The first-order chi connectivity index (χ1) is 7.58. The maximum Gasteiger partial charge on any atom is 0.352 e. The summed E-state index contributed by atoms with van der Waals surface area (Å²) in [5.41, 5.74) is 4.97. The van der Waals surface area contributed by atoms with E-state index in [1.807, 2.05) is 6.26 Å². The Morgan fingerprint density at radius 2 is 2.31 bits per heavy atom. The SMILES string of the molecule is CCOC(=O)c1sc(SC)nc1NC(N)=O. The fraction of sp³-hybridized carbons (Fsp3) is 0.375. The van der Waals surface area contributed by atoms with Crippen LogP contribution in [0.15, 0.2) is 4.34 Å². The number of thiazole rings is 1. The highest BCUT2D eigenvalue weighted by molar-refractivity contribution is 8.00. The molecule has 1 rings (SSSR count). The van der Waals surface area contributed by atoms with Gasteiger partial charge in [-0.15, -0.1) is 0 Å². The lowest BCUT2D eigenvalue weighted by Crippen LogP contribution is -2.21. The number of aromatic nitrogens is 1. The number of ether oxygens (including phenoxy) is 1. The maximum absolute atomic E-state index is 11.5. The third kappa shape index (κ3) is 3.11. The molecule has 1 heterocycles. The van der Waals surface area contributed by atoms with Crippen LogP contribution in [0.3, 0.4) is 0 Å². The molecule has 0 saturated heterocycles. The summed E-state index contributed by atoms with van der Waals surface area (Å²) in [6.07, 6.45) is 1.82. The lowest BCUT2D eigenvalue weighted by atomic mass is 10.5. The van der Waals surface area contributed by atoms with Gasteiger partial charge in [0.05, 0.1) is 6.61 Å². The summed E-state index contributed by atoms with van der Waals surface area (Å²) >= 11 is 2.53. The van der Waals surface area contributed by atoms with Crippen LogP contribution < -0.4 is 11.1 Å². The smallest absolute Gasteiger partial charge is 0.352 e. The van der Waals surface area contributed by atoms with Crippen molar-refractivity contribution in [1.82, 2.24) is 4.98 Å². The van der Waals surface area contributed by atoms with E-state index >= 15 is 0 Å². The number of thioether (sulfide) groups is 1. The van der Waals surface area contributed by atoms with Crippen molar-refractivity contribution in [3.05, 3.63) is 4.88 Å². The zero-order valence-corrected chi connectivity index (χ0v) is 10.4. The first-order valence-electron chi connectivity index (χ1n) is 4.36. The van der Waals surface area contributed by atoms with Gasteiger partial charge in [-0.05, 0) is 13.2 Å². The van der Waals surface area contributed by atoms with Gasteiger partial charge in [-0.2, -0.15) is 0 Å². The number of rotatable bonds is 4. The summed E-state index contributed by atoms with van der Waals surface area (Å²) in [5, 5.41) is 2.29. The zero-order valence-electron chi connectivity index (χ0n) is 8.77. The molecule has 0 aliphatic heterocycles. The number of carbonyl (C=O) groups excluding carboxylic acids is 2. The van der Waals surface area contributed by atoms with Crippen LogP contribution in [-0.4, -0.2) is 29.8 Å². The molecule has 0 aromatic carbocycles. The first kappa shape index (κ1) is 12.8. The molecule has 0 fully saturated rings. The van der Waals surface area contributed by atoms with Crippen LogP contribution >= 0.6 is 23.1 Å². The summed E-state index contributed by atoms with van der Waals surface area (Å²) in [7, 11) is 0. The lowest BCUT2D eigenvalue weighted by molar-refractivity contribution is 0.0533. The molecule has 0 spiro atoms. The molecule has 0 unspecified atom stereocenters. The molecule has 8 heteroatoms. The van der Waals surface area contributed by atoms with E-state index in [0.29, 0.717) is 4.34 Å². The van der Waals surface area contributed by atoms with Gasteiger partial charge in [0.2, 0.25) is 0 Å². The van der Waals surface area contributed by atoms with Crippen LogP contribution in [0.1, 0.15) is 16.6 Å². The van der Waals surface area contributed by atoms with Crippen molar-refractivity contribution in [3.63, 3.8) is 0 Å². The second-order valence-corrected chi connectivity index (χ2v) is 4.62. The van der Waals surface area contributed by atoms with E-state index in [2.05, 4.69) is 10.3 Å². The van der Waals surface area contributed by atoms with Crippen LogP contribution in [0, 0.1) is 0 Å². The average molecular weight is 261 g/mol. The Labute approximate surface area is 101 Å². The molecule has 1 aromatic heterocycles. The number of amides is 2. The second-order valence-electron chi connectivity index (χ2n) is 2.57. The van der Waals surface area contributed by atoms with Crippen LogP contribution in [-0.2, 0) is 4.74 Å². The number of carbonyl (C=O) groups is 2. The van der Waals surface area contributed by atoms with Crippen LogP contribution in [0.2, 0.25) is 0 Å². The number of nitrogens with zero attached hydrogens (tertiary/aromatic N) is 1. The van der Waals surface area contributed by atoms with Gasteiger partial charge in [-0.3, -0.25) is 5.32 Å². The molecule has 2 amide bonds. The molecule has 6 nitrogen and oxygen atoms in total. The number of anilines is 1. The predicted octanol–water partition coefficient (Wildman–Crippen LogP) is 1.53. The quantitative estimate of drug-likeness (QED) is 0.633. The Balaban J connectivity index is 2.99. The Bertz CT molecular complexity index is 405. The number of nitrogens with two attached hydrogens (primary N) is 1. The molecule has 88 valence electrons. The minimum absolute atomic E-state index is 0.153. The zero-order chi connectivity index (χ0) is 12.1. The Morgan fingerprint density at radius 1 is 1.62 bits per heavy atom. The molecule has 0 aliphatic carbocycles. The highest BCUT2D eigenvalue weighted by Crippen LogP contribution is 2.29. The van der Waals surface area contributed by atoms with E-state index in [1.165, 1.54) is 11.8 Å². The third-order valence-corrected chi connectivity index (χ3v) is 3.51. The van der Waals surface area contributed by atoms with E-state index in [9.17, 15) is 9.59 Å². The summed E-state index contributed by atoms with van der Waals surface area (Å²) in [6.45, 7) is 1.97. The van der Waals surface area contributed by atoms with Crippen LogP contribution in [0.25, 0.3) is 0 Å². The fourth-order valence-electron chi connectivity index (χ4n) is 0.924. The van der Waals surface area contributed by atoms with Crippen molar-refractivity contribution in [2.75, 3.05) is 18.2 Å². The van der Waals surface area contributed by atoms with E-state index in [1.54, 1.807) is 6.92 Å². The van der Waals surface area contributed by atoms with Gasteiger partial charge in [-0.1, -0.05) is 23.1 Å². The number of nitrogens with one attached hydrogen (secondary N) is 1. The van der Waals surface area contributed by atoms with Crippen molar-refractivity contribution >= 4 is 40.9 Å². The molecule has 3 N–H and O–H groups in total. The summed E-state index contributed by atoms with van der Waals surface area (Å²) in [6, 6.07) is -0.761. The molecule has 0 radical (unpaired) electrons. The van der Waals surface area contributed by atoms with Gasteiger partial charge in [0.15, 0.2) is 15.0 Å². The molecular formula is C8H11N3O3S2.